The van der Waals surface area contributed by atoms with E-state index >= 15 is 0 Å². The first-order chi connectivity index (χ1) is 23.6. The summed E-state index contributed by atoms with van der Waals surface area (Å²) >= 11 is 0. The van der Waals surface area contributed by atoms with Crippen LogP contribution < -0.4 is 30.0 Å². The number of aromatic nitrogens is 2. The number of ether oxygens (including phenoxy) is 1. The molecule has 11 nitrogen and oxygen atoms in total. The minimum absolute atomic E-state index is 0. The molecule has 0 bridgehead atoms. The molecule has 0 radical (unpaired) electrons. The monoisotopic (exact) mass is 736 g/mol. The number of nitrogens with zero attached hydrogens (tertiary/aromatic N) is 4. The predicted molar refractivity (Wildman–Crippen MR) is 184 cm³/mol. The van der Waals surface area contributed by atoms with Crippen molar-refractivity contribution in [1.82, 2.24) is 18.9 Å². The number of esters is 1. The number of hydrogen-bond donors (Lipinski definition) is 1. The van der Waals surface area contributed by atoms with Crippen LogP contribution in [0.25, 0.3) is 0 Å². The molecule has 4 rings (SSSR count). The van der Waals surface area contributed by atoms with Crippen LogP contribution in [0.3, 0.4) is 0 Å². The molecule has 2 aromatic rings. The molecule has 0 saturated carbocycles. The van der Waals surface area contributed by atoms with Crippen LogP contribution in [-0.4, -0.2) is 99.7 Å². The zero-order valence-corrected chi connectivity index (χ0v) is 31.2. The van der Waals surface area contributed by atoms with Crippen LogP contribution >= 0.6 is 0 Å². The van der Waals surface area contributed by atoms with Crippen molar-refractivity contribution in [2.24, 2.45) is 11.8 Å². The molecule has 288 valence electrons. The van der Waals surface area contributed by atoms with Gasteiger partial charge in [-0.15, -0.1) is 0 Å². The van der Waals surface area contributed by atoms with Gasteiger partial charge in [0.2, 0.25) is 0 Å². The van der Waals surface area contributed by atoms with E-state index in [1.807, 2.05) is 37.5 Å². The van der Waals surface area contributed by atoms with Crippen molar-refractivity contribution in [1.29, 1.82) is 0 Å². The Labute approximate surface area is 314 Å². The summed E-state index contributed by atoms with van der Waals surface area (Å²) < 4.78 is 61.8. The number of alkyl halides is 2. The van der Waals surface area contributed by atoms with Crippen molar-refractivity contribution in [3.8, 4) is 0 Å². The van der Waals surface area contributed by atoms with E-state index in [2.05, 4.69) is 0 Å². The molecule has 2 saturated heterocycles. The van der Waals surface area contributed by atoms with Crippen LogP contribution in [0, 0.1) is 23.5 Å². The number of aliphatic carboxylic acids is 1. The number of carboxylic acids is 1. The molecule has 4 atom stereocenters. The average Bonchev–Trinajstić information content (AvgIpc) is 3.67. The summed E-state index contributed by atoms with van der Waals surface area (Å²) in [6.45, 7) is 12.7. The maximum atomic E-state index is 14.2. The number of likely N-dealkylation sites (tertiary alicyclic amines) is 2. The quantitative estimate of drug-likeness (QED) is 0.165. The van der Waals surface area contributed by atoms with E-state index in [0.717, 1.165) is 15.2 Å². The fourth-order valence-electron chi connectivity index (χ4n) is 6.32. The van der Waals surface area contributed by atoms with E-state index in [1.165, 1.54) is 12.3 Å². The molecule has 2 aliphatic heterocycles. The molecule has 2 unspecified atom stereocenters. The average molecular weight is 737 g/mol. The Hall–Kier alpha value is -2.96. The Balaban J connectivity index is 0.000000502. The maximum absolute atomic E-state index is 14.2. The van der Waals surface area contributed by atoms with Crippen molar-refractivity contribution in [3.63, 3.8) is 0 Å². The van der Waals surface area contributed by atoms with Gasteiger partial charge in [0.25, 0.3) is 11.1 Å². The van der Waals surface area contributed by atoms with Crippen LogP contribution in [0.15, 0.2) is 34.1 Å². The summed E-state index contributed by atoms with van der Waals surface area (Å²) in [5, 5.41) is 9.38. The third kappa shape index (κ3) is 14.1. The van der Waals surface area contributed by atoms with E-state index < -0.39 is 59.1 Å². The maximum Gasteiger partial charge on any atom is 1.00 e. The summed E-state index contributed by atoms with van der Waals surface area (Å²) in [4.78, 5) is 52.0. The molecule has 4 heterocycles. The number of hydrogen-bond acceptors (Lipinski definition) is 8. The number of halogens is 4. The fraction of sp³-hybridized carbons (Fsp3) is 0.667. The Morgan fingerprint density at radius 1 is 0.808 bits per heavy atom. The predicted octanol–water partition coefficient (Wildman–Crippen LogP) is 1.80. The van der Waals surface area contributed by atoms with E-state index in [1.54, 1.807) is 13.1 Å². The molecular weight excluding hydrogens is 683 g/mol. The third-order valence-electron chi connectivity index (χ3n) is 8.88. The third-order valence-corrected chi connectivity index (χ3v) is 8.88. The molecular formula is C36H53F4LiN4O7. The van der Waals surface area contributed by atoms with Crippen LogP contribution in [-0.2, 0) is 27.2 Å². The number of pyridine rings is 2. The Kier molecular flexibility index (Phi) is 20.2. The summed E-state index contributed by atoms with van der Waals surface area (Å²) in [6, 6.07) is 0.420. The molecule has 2 aromatic heterocycles. The van der Waals surface area contributed by atoms with E-state index in [-0.39, 0.29) is 49.2 Å². The second kappa shape index (κ2) is 22.3. The van der Waals surface area contributed by atoms with Crippen LogP contribution in [0.5, 0.6) is 0 Å². The molecule has 0 amide bonds. The first-order valence-electron chi connectivity index (χ1n) is 17.5. The van der Waals surface area contributed by atoms with E-state index in [9.17, 15) is 41.8 Å². The first-order valence-corrected chi connectivity index (χ1v) is 17.5. The van der Waals surface area contributed by atoms with Gasteiger partial charge in [-0.1, -0.05) is 27.7 Å². The number of carbonyl (C=O) groups is 2. The summed E-state index contributed by atoms with van der Waals surface area (Å²) in [6.07, 6.45) is 3.92. The van der Waals surface area contributed by atoms with Crippen molar-refractivity contribution in [2.45, 2.75) is 97.6 Å². The van der Waals surface area contributed by atoms with Crippen molar-refractivity contribution >= 4 is 11.9 Å². The van der Waals surface area contributed by atoms with Crippen LogP contribution in [0.4, 0.5) is 17.6 Å². The van der Waals surface area contributed by atoms with Gasteiger partial charge >= 0.3 is 30.8 Å². The molecule has 0 spiro atoms. The topological polar surface area (TPSA) is 144 Å². The van der Waals surface area contributed by atoms with Gasteiger partial charge in [0.1, 0.15) is 24.4 Å². The number of carboxylic acid groups (broad SMARTS) is 1. The second-order valence-corrected chi connectivity index (χ2v) is 14.1. The summed E-state index contributed by atoms with van der Waals surface area (Å²) in [5.41, 5.74) is -0.582. The van der Waals surface area contributed by atoms with Gasteiger partial charge in [-0.25, -0.2) is 27.2 Å². The number of carbonyl (C=O) groups excluding carboxylic acids is 1. The molecule has 2 aliphatic rings. The minimum atomic E-state index is -1.15. The Morgan fingerprint density at radius 3 is 1.56 bits per heavy atom. The number of rotatable bonds is 15. The van der Waals surface area contributed by atoms with Crippen LogP contribution in [0.1, 0.15) is 83.5 Å². The van der Waals surface area contributed by atoms with E-state index in [4.69, 9.17) is 4.74 Å². The van der Waals surface area contributed by atoms with Crippen molar-refractivity contribution in [2.75, 3.05) is 45.9 Å². The van der Waals surface area contributed by atoms with Gasteiger partial charge in [-0.05, 0) is 80.5 Å². The van der Waals surface area contributed by atoms with Gasteiger partial charge in [-0.2, -0.15) is 0 Å². The second-order valence-electron chi connectivity index (χ2n) is 14.1. The van der Waals surface area contributed by atoms with Gasteiger partial charge < -0.3 is 25.1 Å². The SMILES string of the molecule is CC(C)CC(C(=O)O)n1cc(CCN2CC[C@@H](F)C2)cc(F)c1=O.CCOC(=O)C(CC(C)C)n1cc(CCN2CC[C@@H](F)C2)cc(F)c1=O.[Li+].[OH-]. The standard InChI is InChI=1S/C19H28F2N2O3.C17H24F2N2O3.Li.H2O/c1-4-26-19(25)17(9-13(2)3)23-11-14(10-16(21)18(23)24)5-7-22-8-6-15(20)12-22;1-11(2)7-15(17(23)24)21-9-12(8-14(19)16(21)22)3-5-20-6-4-13(18)10-20;;/h10-11,13,15,17H,4-9,12H2,1-3H3;8-9,11,13,15H,3-7,10H2,1-2H3,(H,23,24);;1H2/q;;+1;/p-1/t15-,17?;13-,15?;;/m11../s1. The molecule has 2 fully saturated rings. The molecule has 52 heavy (non-hydrogen) atoms. The van der Waals surface area contributed by atoms with E-state index in [0.29, 0.717) is 82.5 Å². The van der Waals surface area contributed by atoms with Gasteiger partial charge in [-0.3, -0.25) is 18.7 Å². The zero-order valence-electron chi connectivity index (χ0n) is 31.2. The molecule has 0 aliphatic carbocycles. The minimum Gasteiger partial charge on any atom is -0.870 e. The molecule has 0 aromatic carbocycles. The molecule has 2 N–H and O–H groups in total. The fourth-order valence-corrected chi connectivity index (χ4v) is 6.32. The van der Waals surface area contributed by atoms with Gasteiger partial charge in [0.05, 0.1) is 6.61 Å². The van der Waals surface area contributed by atoms with Gasteiger partial charge in [0.15, 0.2) is 11.6 Å². The zero-order chi connectivity index (χ0) is 37.1. The summed E-state index contributed by atoms with van der Waals surface area (Å²) in [5.74, 6) is -3.33. The Morgan fingerprint density at radius 2 is 1.21 bits per heavy atom. The van der Waals surface area contributed by atoms with Gasteiger partial charge in [0, 0.05) is 51.7 Å². The first kappa shape index (κ1) is 47.1. The normalized spacial score (nSPS) is 18.7. The summed E-state index contributed by atoms with van der Waals surface area (Å²) in [7, 11) is 0. The van der Waals surface area contributed by atoms with Crippen LogP contribution in [0.2, 0.25) is 0 Å². The molecule has 16 heteroatoms. The smallest absolute Gasteiger partial charge is 0.870 e. The van der Waals surface area contributed by atoms with Crippen molar-refractivity contribution < 1.29 is 61.3 Å². The Bertz CT molecular complexity index is 1560. The largest absolute Gasteiger partial charge is 1.00 e. The van der Waals surface area contributed by atoms with Crippen molar-refractivity contribution in [3.05, 3.63) is 68.0 Å².